The second-order valence-electron chi connectivity index (χ2n) is 3.39. The summed E-state index contributed by atoms with van der Waals surface area (Å²) in [6.45, 7) is 1.66. The van der Waals surface area contributed by atoms with E-state index in [1.807, 2.05) is 0 Å². The number of hydrogen-bond donors (Lipinski definition) is 3. The Labute approximate surface area is 66.7 Å². The Bertz CT molecular complexity index is 125. The zero-order valence-corrected chi connectivity index (χ0v) is 6.77. The van der Waals surface area contributed by atoms with Crippen LogP contribution in [0.4, 0.5) is 0 Å². The first-order chi connectivity index (χ1) is 5.13. The molecule has 0 aliphatic heterocycles. The second-order valence-corrected chi connectivity index (χ2v) is 3.39. The van der Waals surface area contributed by atoms with Gasteiger partial charge in [-0.25, -0.2) is 0 Å². The van der Waals surface area contributed by atoms with Crippen molar-refractivity contribution in [3.63, 3.8) is 0 Å². The predicted molar refractivity (Wildman–Crippen MR) is 41.0 cm³/mol. The summed E-state index contributed by atoms with van der Waals surface area (Å²) in [7, 11) is 0. The third-order valence-electron chi connectivity index (χ3n) is 2.49. The summed E-state index contributed by atoms with van der Waals surface area (Å²) in [4.78, 5) is 0. The fourth-order valence-electron chi connectivity index (χ4n) is 1.72. The Kier molecular flexibility index (Phi) is 2.87. The highest BCUT2D eigenvalue weighted by Crippen LogP contribution is 2.27. The maximum Gasteiger partial charge on any atom is 0.0851 e. The van der Waals surface area contributed by atoms with Crippen LogP contribution < -0.4 is 0 Å². The molecule has 1 aliphatic carbocycles. The molecule has 0 radical (unpaired) electrons. The summed E-state index contributed by atoms with van der Waals surface area (Å²) in [6.07, 6.45) is 0.487. The van der Waals surface area contributed by atoms with Crippen molar-refractivity contribution in [2.24, 2.45) is 5.92 Å². The van der Waals surface area contributed by atoms with E-state index in [1.54, 1.807) is 6.92 Å². The van der Waals surface area contributed by atoms with Crippen LogP contribution >= 0.6 is 0 Å². The van der Waals surface area contributed by atoms with Gasteiger partial charge in [0.1, 0.15) is 0 Å². The molecule has 1 saturated carbocycles. The Balaban J connectivity index is 2.51. The monoisotopic (exact) mass is 160 g/mol. The molecule has 0 bridgehead atoms. The molecule has 0 amide bonds. The Morgan fingerprint density at radius 3 is 2.36 bits per heavy atom. The van der Waals surface area contributed by atoms with Crippen molar-refractivity contribution in [3.05, 3.63) is 0 Å². The highest BCUT2D eigenvalue weighted by atomic mass is 16.3. The molecule has 0 aromatic rings. The molecule has 3 nitrogen and oxygen atoms in total. The molecule has 11 heavy (non-hydrogen) atoms. The van der Waals surface area contributed by atoms with E-state index in [1.165, 1.54) is 0 Å². The standard InChI is InChI=1S/C8H16O3/c1-5(9)6-3-2-4-7(10)8(6)11/h5-11H,2-4H2,1H3/t5-,6+,7+,8-/m0/s1. The van der Waals surface area contributed by atoms with Crippen molar-refractivity contribution in [1.82, 2.24) is 0 Å². The van der Waals surface area contributed by atoms with Crippen LogP contribution in [-0.4, -0.2) is 33.6 Å². The Morgan fingerprint density at radius 2 is 1.91 bits per heavy atom. The molecule has 1 aliphatic rings. The van der Waals surface area contributed by atoms with Gasteiger partial charge in [0, 0.05) is 5.92 Å². The number of aliphatic hydroxyl groups is 3. The van der Waals surface area contributed by atoms with Crippen LogP contribution in [0.25, 0.3) is 0 Å². The number of rotatable bonds is 1. The summed E-state index contributed by atoms with van der Waals surface area (Å²) >= 11 is 0. The molecule has 0 unspecified atom stereocenters. The topological polar surface area (TPSA) is 60.7 Å². The van der Waals surface area contributed by atoms with Crippen molar-refractivity contribution in [3.8, 4) is 0 Å². The molecular weight excluding hydrogens is 144 g/mol. The van der Waals surface area contributed by atoms with Gasteiger partial charge in [0.05, 0.1) is 18.3 Å². The molecule has 0 aromatic heterocycles. The van der Waals surface area contributed by atoms with E-state index in [-0.39, 0.29) is 5.92 Å². The number of hydrogen-bond acceptors (Lipinski definition) is 3. The van der Waals surface area contributed by atoms with Gasteiger partial charge in [0.2, 0.25) is 0 Å². The minimum atomic E-state index is -0.733. The third kappa shape index (κ3) is 1.92. The van der Waals surface area contributed by atoms with E-state index in [4.69, 9.17) is 0 Å². The SMILES string of the molecule is C[C@H](O)[C@H]1CCC[C@@H](O)[C@H]1O. The van der Waals surface area contributed by atoms with Gasteiger partial charge in [-0.1, -0.05) is 6.42 Å². The van der Waals surface area contributed by atoms with E-state index in [2.05, 4.69) is 0 Å². The molecule has 0 heterocycles. The van der Waals surface area contributed by atoms with Crippen molar-refractivity contribution in [1.29, 1.82) is 0 Å². The number of aliphatic hydroxyl groups excluding tert-OH is 3. The quantitative estimate of drug-likeness (QED) is 0.501. The van der Waals surface area contributed by atoms with Gasteiger partial charge in [0.15, 0.2) is 0 Å². The Morgan fingerprint density at radius 1 is 1.27 bits per heavy atom. The molecule has 0 saturated heterocycles. The lowest BCUT2D eigenvalue weighted by Gasteiger charge is -2.33. The van der Waals surface area contributed by atoms with Gasteiger partial charge in [-0.05, 0) is 19.8 Å². The lowest BCUT2D eigenvalue weighted by atomic mass is 9.81. The molecule has 3 N–H and O–H groups in total. The highest BCUT2D eigenvalue weighted by molar-refractivity contribution is 4.83. The highest BCUT2D eigenvalue weighted by Gasteiger charge is 2.32. The van der Waals surface area contributed by atoms with Crippen LogP contribution in [0.5, 0.6) is 0 Å². The molecule has 3 heteroatoms. The minimum absolute atomic E-state index is 0.140. The average Bonchev–Trinajstić information content (AvgIpc) is 1.94. The van der Waals surface area contributed by atoms with Crippen molar-refractivity contribution < 1.29 is 15.3 Å². The van der Waals surface area contributed by atoms with Gasteiger partial charge in [-0.3, -0.25) is 0 Å². The maximum atomic E-state index is 9.40. The zero-order chi connectivity index (χ0) is 8.43. The first-order valence-electron chi connectivity index (χ1n) is 4.17. The summed E-state index contributed by atoms with van der Waals surface area (Å²) in [5.74, 6) is -0.140. The minimum Gasteiger partial charge on any atom is -0.393 e. The van der Waals surface area contributed by atoms with Gasteiger partial charge >= 0.3 is 0 Å². The first-order valence-corrected chi connectivity index (χ1v) is 4.17. The summed E-state index contributed by atoms with van der Waals surface area (Å²) in [5.41, 5.74) is 0. The molecule has 0 spiro atoms. The van der Waals surface area contributed by atoms with Crippen LogP contribution in [0.1, 0.15) is 26.2 Å². The molecule has 66 valence electrons. The van der Waals surface area contributed by atoms with Gasteiger partial charge in [-0.15, -0.1) is 0 Å². The Hall–Kier alpha value is -0.120. The zero-order valence-electron chi connectivity index (χ0n) is 6.77. The van der Waals surface area contributed by atoms with E-state index < -0.39 is 18.3 Å². The van der Waals surface area contributed by atoms with Crippen LogP contribution in [0.3, 0.4) is 0 Å². The maximum absolute atomic E-state index is 9.40. The molecule has 1 rings (SSSR count). The first kappa shape index (κ1) is 8.97. The lowest BCUT2D eigenvalue weighted by Crippen LogP contribution is -2.42. The van der Waals surface area contributed by atoms with E-state index in [9.17, 15) is 15.3 Å². The summed E-state index contributed by atoms with van der Waals surface area (Å²) in [5, 5.41) is 27.8. The molecule has 4 atom stereocenters. The summed E-state index contributed by atoms with van der Waals surface area (Å²) < 4.78 is 0. The molecule has 0 aromatic carbocycles. The molecular formula is C8H16O3. The van der Waals surface area contributed by atoms with E-state index in [0.29, 0.717) is 6.42 Å². The normalized spacial score (nSPS) is 42.0. The van der Waals surface area contributed by atoms with Gasteiger partial charge < -0.3 is 15.3 Å². The van der Waals surface area contributed by atoms with Crippen molar-refractivity contribution in [2.45, 2.75) is 44.5 Å². The average molecular weight is 160 g/mol. The fraction of sp³-hybridized carbons (Fsp3) is 1.00. The second kappa shape index (κ2) is 3.52. The van der Waals surface area contributed by atoms with Crippen LogP contribution in [0.15, 0.2) is 0 Å². The van der Waals surface area contributed by atoms with E-state index >= 15 is 0 Å². The largest absolute Gasteiger partial charge is 0.393 e. The van der Waals surface area contributed by atoms with Gasteiger partial charge in [-0.2, -0.15) is 0 Å². The summed E-state index contributed by atoms with van der Waals surface area (Å²) in [6, 6.07) is 0. The third-order valence-corrected chi connectivity index (χ3v) is 2.49. The van der Waals surface area contributed by atoms with Crippen LogP contribution in [0.2, 0.25) is 0 Å². The van der Waals surface area contributed by atoms with Crippen LogP contribution in [0, 0.1) is 5.92 Å². The van der Waals surface area contributed by atoms with Gasteiger partial charge in [0.25, 0.3) is 0 Å². The predicted octanol–water partition coefficient (Wildman–Crippen LogP) is -0.111. The smallest absolute Gasteiger partial charge is 0.0851 e. The van der Waals surface area contributed by atoms with Crippen molar-refractivity contribution >= 4 is 0 Å². The lowest BCUT2D eigenvalue weighted by molar-refractivity contribution is -0.0784. The fourth-order valence-corrected chi connectivity index (χ4v) is 1.72. The van der Waals surface area contributed by atoms with Crippen molar-refractivity contribution in [2.75, 3.05) is 0 Å². The van der Waals surface area contributed by atoms with E-state index in [0.717, 1.165) is 12.8 Å². The van der Waals surface area contributed by atoms with Crippen LogP contribution in [-0.2, 0) is 0 Å². The molecule has 1 fully saturated rings.